The van der Waals surface area contributed by atoms with Crippen LogP contribution in [0.1, 0.15) is 11.5 Å². The van der Waals surface area contributed by atoms with Crippen LogP contribution in [0.25, 0.3) is 0 Å². The molecule has 250 valence electrons. The van der Waals surface area contributed by atoms with Gasteiger partial charge < -0.3 is 24.5 Å². The second-order valence-electron chi connectivity index (χ2n) is 8.53. The Labute approximate surface area is 246 Å². The number of furan rings is 1. The summed E-state index contributed by atoms with van der Waals surface area (Å²) in [6.07, 6.45) is -8.17. The van der Waals surface area contributed by atoms with E-state index in [9.17, 15) is 39.5 Å². The lowest BCUT2D eigenvalue weighted by atomic mass is 10.1. The predicted molar refractivity (Wildman–Crippen MR) is 129 cm³/mol. The number of aromatic nitrogens is 3. The van der Waals surface area contributed by atoms with E-state index >= 15 is 0 Å². The molecule has 1 aliphatic heterocycles. The molecule has 1 atom stereocenters. The Morgan fingerprint density at radius 2 is 1.40 bits per heavy atom. The lowest BCUT2D eigenvalue weighted by Gasteiger charge is -2.23. The Hall–Kier alpha value is -4.82. The first-order chi connectivity index (χ1) is 20.7. The number of rotatable bonds is 5. The van der Waals surface area contributed by atoms with Crippen LogP contribution in [0.5, 0.6) is 5.75 Å². The second kappa shape index (κ2) is 16.9. The Morgan fingerprint density at radius 1 is 0.844 bits per heavy atom. The van der Waals surface area contributed by atoms with E-state index in [0.29, 0.717) is 12.5 Å². The lowest BCUT2D eigenvalue weighted by Crippen LogP contribution is -2.30. The average molecular weight is 666 g/mol. The Balaban J connectivity index is 0.000000396. The monoisotopic (exact) mass is 666 g/mol. The van der Waals surface area contributed by atoms with Crippen LogP contribution in [-0.4, -0.2) is 84.6 Å². The van der Waals surface area contributed by atoms with Crippen molar-refractivity contribution in [2.75, 3.05) is 13.2 Å². The van der Waals surface area contributed by atoms with Crippen molar-refractivity contribution < 1.29 is 78.4 Å². The third-order valence-corrected chi connectivity index (χ3v) is 4.94. The molecule has 0 fully saturated rings. The molecular formula is C24H23F9N4O8. The Kier molecular flexibility index (Phi) is 14.3. The van der Waals surface area contributed by atoms with E-state index in [1.807, 2.05) is 30.5 Å². The van der Waals surface area contributed by atoms with E-state index in [1.165, 1.54) is 5.69 Å². The molecule has 1 unspecified atom stereocenters. The summed E-state index contributed by atoms with van der Waals surface area (Å²) in [7, 11) is 0. The fourth-order valence-corrected chi connectivity index (χ4v) is 3.12. The molecule has 0 saturated carbocycles. The molecule has 0 aliphatic carbocycles. The quantitative estimate of drug-likeness (QED) is 0.329. The van der Waals surface area contributed by atoms with Gasteiger partial charge in [-0.1, -0.05) is 0 Å². The normalized spacial score (nSPS) is 14.9. The summed E-state index contributed by atoms with van der Waals surface area (Å²) in [5.74, 6) is -6.14. The maximum Gasteiger partial charge on any atom is 0.490 e. The maximum atomic E-state index is 10.6. The molecule has 1 aliphatic rings. The fourth-order valence-electron chi connectivity index (χ4n) is 3.12. The largest absolute Gasteiger partial charge is 0.492 e. The topological polar surface area (TPSA) is 168 Å². The smallest absolute Gasteiger partial charge is 0.490 e. The van der Waals surface area contributed by atoms with Crippen LogP contribution < -0.4 is 4.74 Å². The van der Waals surface area contributed by atoms with Crippen molar-refractivity contribution in [1.29, 1.82) is 0 Å². The summed E-state index contributed by atoms with van der Waals surface area (Å²) >= 11 is 0. The number of ether oxygens (including phenoxy) is 1. The highest BCUT2D eigenvalue weighted by molar-refractivity contribution is 5.73. The van der Waals surface area contributed by atoms with Gasteiger partial charge in [-0.2, -0.15) is 44.6 Å². The van der Waals surface area contributed by atoms with Crippen LogP contribution in [0.4, 0.5) is 39.5 Å². The number of fused-ring (bicyclic) bond motifs is 1. The van der Waals surface area contributed by atoms with E-state index in [1.54, 1.807) is 18.7 Å². The highest BCUT2D eigenvalue weighted by atomic mass is 19.4. The fraction of sp³-hybridized carbons (Fsp3) is 0.375. The van der Waals surface area contributed by atoms with Gasteiger partial charge >= 0.3 is 36.4 Å². The summed E-state index contributed by atoms with van der Waals surface area (Å²) in [5, 5.41) is 25.8. The number of nitrogens with zero attached hydrogens (tertiary/aromatic N) is 4. The number of halogens is 9. The first-order valence-corrected chi connectivity index (χ1v) is 11.9. The van der Waals surface area contributed by atoms with E-state index in [-0.39, 0.29) is 0 Å². The third-order valence-electron chi connectivity index (χ3n) is 4.94. The Morgan fingerprint density at radius 3 is 1.84 bits per heavy atom. The standard InChI is InChI=1S/C18H20N4O2.3C2HF3O2/c1-3-17(9-19-6-1)24-14-15-10-21(13-18-4-2-8-23-18)12-16-5-7-20-22(16)11-15;3*3-2(4,5)1(6)7/h1-9,15H,10-14H2;3*(H,6,7). The molecule has 45 heavy (non-hydrogen) atoms. The molecule has 0 amide bonds. The highest BCUT2D eigenvalue weighted by Gasteiger charge is 2.39. The lowest BCUT2D eigenvalue weighted by molar-refractivity contribution is -0.193. The van der Waals surface area contributed by atoms with Gasteiger partial charge in [0.05, 0.1) is 31.3 Å². The van der Waals surface area contributed by atoms with Crippen LogP contribution in [0.2, 0.25) is 0 Å². The van der Waals surface area contributed by atoms with Crippen LogP contribution in [0.15, 0.2) is 59.6 Å². The number of aliphatic carboxylic acids is 3. The predicted octanol–water partition coefficient (Wildman–Crippen LogP) is 4.48. The minimum atomic E-state index is -5.08. The molecule has 3 aromatic heterocycles. The molecule has 0 aromatic carbocycles. The highest BCUT2D eigenvalue weighted by Crippen LogP contribution is 2.20. The van der Waals surface area contributed by atoms with Crippen LogP contribution in [-0.2, 0) is 34.0 Å². The minimum absolute atomic E-state index is 0.348. The molecular weight excluding hydrogens is 643 g/mol. The van der Waals surface area contributed by atoms with Gasteiger partial charge in [0.1, 0.15) is 11.5 Å². The van der Waals surface area contributed by atoms with Crippen molar-refractivity contribution >= 4 is 17.9 Å². The van der Waals surface area contributed by atoms with E-state index < -0.39 is 36.4 Å². The summed E-state index contributed by atoms with van der Waals surface area (Å²) in [6.45, 7) is 4.09. The number of hydrogen-bond donors (Lipinski definition) is 3. The zero-order valence-electron chi connectivity index (χ0n) is 22.4. The number of carboxylic acids is 3. The van der Waals surface area contributed by atoms with Crippen LogP contribution in [0.3, 0.4) is 0 Å². The maximum absolute atomic E-state index is 10.6. The van der Waals surface area contributed by atoms with Crippen molar-refractivity contribution in [2.45, 2.75) is 38.2 Å². The molecule has 4 rings (SSSR count). The Bertz CT molecular complexity index is 1270. The van der Waals surface area contributed by atoms with E-state index in [0.717, 1.165) is 37.7 Å². The minimum Gasteiger partial charge on any atom is -0.492 e. The van der Waals surface area contributed by atoms with E-state index in [4.69, 9.17) is 38.9 Å². The SMILES string of the molecule is O=C(O)C(F)(F)F.O=C(O)C(F)(F)F.O=C(O)C(F)(F)F.c1cncc(OCC2CN(Cc3ccco3)Cc3ccnn3C2)c1. The van der Waals surface area contributed by atoms with Gasteiger partial charge in [0.25, 0.3) is 0 Å². The molecule has 0 bridgehead atoms. The first-order valence-electron chi connectivity index (χ1n) is 11.9. The molecule has 3 aromatic rings. The number of hydrogen-bond acceptors (Lipinski definition) is 8. The molecule has 4 heterocycles. The average Bonchev–Trinajstić information content (AvgIpc) is 3.56. The first kappa shape index (κ1) is 38.2. The van der Waals surface area contributed by atoms with Crippen LogP contribution >= 0.6 is 0 Å². The van der Waals surface area contributed by atoms with Crippen molar-refractivity contribution in [2.24, 2.45) is 5.92 Å². The molecule has 0 saturated heterocycles. The zero-order chi connectivity index (χ0) is 34.4. The third kappa shape index (κ3) is 15.5. The van der Waals surface area contributed by atoms with Gasteiger partial charge in [0, 0.05) is 37.9 Å². The summed E-state index contributed by atoms with van der Waals surface area (Å²) in [6, 6.07) is 9.85. The summed E-state index contributed by atoms with van der Waals surface area (Å²) in [5.41, 5.74) is 1.23. The van der Waals surface area contributed by atoms with Crippen molar-refractivity contribution in [3.05, 3.63) is 66.6 Å². The molecule has 3 N–H and O–H groups in total. The zero-order valence-corrected chi connectivity index (χ0v) is 22.4. The number of alkyl halides is 9. The summed E-state index contributed by atoms with van der Waals surface area (Å²) in [4.78, 5) is 33.2. The molecule has 0 radical (unpaired) electrons. The van der Waals surface area contributed by atoms with Gasteiger partial charge in [0.2, 0.25) is 0 Å². The van der Waals surface area contributed by atoms with Crippen LogP contribution in [0, 0.1) is 5.92 Å². The number of pyridine rings is 1. The number of carbonyl (C=O) groups is 3. The number of carboxylic acid groups (broad SMARTS) is 3. The summed E-state index contributed by atoms with van der Waals surface area (Å²) < 4.78 is 109. The van der Waals surface area contributed by atoms with E-state index in [2.05, 4.69) is 25.7 Å². The van der Waals surface area contributed by atoms with Gasteiger partial charge in [-0.3, -0.25) is 14.6 Å². The van der Waals surface area contributed by atoms with Crippen molar-refractivity contribution in [3.8, 4) is 5.75 Å². The molecule has 12 nitrogen and oxygen atoms in total. The van der Waals surface area contributed by atoms with Gasteiger partial charge in [0.15, 0.2) is 0 Å². The molecule has 0 spiro atoms. The second-order valence-corrected chi connectivity index (χ2v) is 8.53. The van der Waals surface area contributed by atoms with Gasteiger partial charge in [-0.15, -0.1) is 0 Å². The van der Waals surface area contributed by atoms with Gasteiger partial charge in [-0.05, 0) is 30.3 Å². The van der Waals surface area contributed by atoms with Gasteiger partial charge in [-0.25, -0.2) is 14.4 Å². The van der Waals surface area contributed by atoms with Crippen molar-refractivity contribution in [3.63, 3.8) is 0 Å². The van der Waals surface area contributed by atoms with Crippen molar-refractivity contribution in [1.82, 2.24) is 19.7 Å². The molecule has 21 heteroatoms.